The molecule has 0 bridgehead atoms. The number of sulfonamides is 1. The second-order valence-corrected chi connectivity index (χ2v) is 6.36. The Labute approximate surface area is 131 Å². The Hall–Kier alpha value is -2.10. The van der Waals surface area contributed by atoms with Crippen molar-refractivity contribution in [2.45, 2.75) is 11.4 Å². The van der Waals surface area contributed by atoms with Crippen LogP contribution in [0.1, 0.15) is 10.4 Å². The molecule has 0 unspecified atom stereocenters. The fraction of sp³-hybridized carbons (Fsp3) is 0.167. The number of carboxylic acids is 1. The predicted molar refractivity (Wildman–Crippen MR) is 78.5 cm³/mol. The Morgan fingerprint density at radius 1 is 1.41 bits per heavy atom. The fourth-order valence-corrected chi connectivity index (χ4v) is 3.07. The summed E-state index contributed by atoms with van der Waals surface area (Å²) in [5.41, 5.74) is 0.0308. The molecule has 2 aromatic rings. The van der Waals surface area contributed by atoms with Gasteiger partial charge in [-0.25, -0.2) is 13.2 Å². The zero-order valence-electron chi connectivity index (χ0n) is 11.1. The molecule has 118 valence electrons. The van der Waals surface area contributed by atoms with E-state index in [9.17, 15) is 13.2 Å². The van der Waals surface area contributed by atoms with Crippen LogP contribution in [0.25, 0.3) is 0 Å². The zero-order chi connectivity index (χ0) is 16.3. The maximum atomic E-state index is 12.2. The highest BCUT2D eigenvalue weighted by Gasteiger charge is 2.18. The van der Waals surface area contributed by atoms with Crippen molar-refractivity contribution in [3.05, 3.63) is 41.2 Å². The van der Waals surface area contributed by atoms with E-state index >= 15 is 0 Å². The minimum absolute atomic E-state index is 0.125. The molecule has 1 heterocycles. The lowest BCUT2D eigenvalue weighted by molar-refractivity contribution is 0.0697. The summed E-state index contributed by atoms with van der Waals surface area (Å²) in [5, 5.41) is 21.3. The van der Waals surface area contributed by atoms with Crippen LogP contribution in [0.2, 0.25) is 5.02 Å². The van der Waals surface area contributed by atoms with E-state index < -0.39 is 16.0 Å². The standard InChI is InChI=1S/C12H12ClN3O5S/c13-11-5-9(1-2-10(11)12(18)19)22(20,21)15-8-6-14-16(7-8)3-4-17/h1-2,5-7,15,17H,3-4H2,(H,18,19). The van der Waals surface area contributed by atoms with Gasteiger partial charge in [0.2, 0.25) is 0 Å². The molecular weight excluding hydrogens is 334 g/mol. The van der Waals surface area contributed by atoms with Gasteiger partial charge < -0.3 is 10.2 Å². The lowest BCUT2D eigenvalue weighted by Crippen LogP contribution is -2.13. The van der Waals surface area contributed by atoms with Crippen LogP contribution in [0.3, 0.4) is 0 Å². The Morgan fingerprint density at radius 2 is 2.14 bits per heavy atom. The number of anilines is 1. The summed E-state index contributed by atoms with van der Waals surface area (Å²) in [6, 6.07) is 3.33. The normalized spacial score (nSPS) is 11.4. The van der Waals surface area contributed by atoms with Crippen molar-refractivity contribution in [3.8, 4) is 0 Å². The highest BCUT2D eigenvalue weighted by atomic mass is 35.5. The number of nitrogens with zero attached hydrogens (tertiary/aromatic N) is 2. The number of carbonyl (C=O) groups is 1. The van der Waals surface area contributed by atoms with E-state index in [1.807, 2.05) is 0 Å². The van der Waals surface area contributed by atoms with Gasteiger partial charge in [0, 0.05) is 6.20 Å². The number of aromatic carboxylic acids is 1. The topological polar surface area (TPSA) is 122 Å². The molecule has 3 N–H and O–H groups in total. The van der Waals surface area contributed by atoms with Gasteiger partial charge in [-0.1, -0.05) is 11.6 Å². The van der Waals surface area contributed by atoms with Gasteiger partial charge in [0.25, 0.3) is 10.0 Å². The van der Waals surface area contributed by atoms with Crippen LogP contribution in [0.4, 0.5) is 5.69 Å². The van der Waals surface area contributed by atoms with E-state index in [-0.39, 0.29) is 34.3 Å². The van der Waals surface area contributed by atoms with Gasteiger partial charge in [0.15, 0.2) is 0 Å². The van der Waals surface area contributed by atoms with Crippen molar-refractivity contribution in [2.24, 2.45) is 0 Å². The van der Waals surface area contributed by atoms with Crippen LogP contribution in [0.5, 0.6) is 0 Å². The number of hydrogen-bond acceptors (Lipinski definition) is 5. The molecule has 0 aliphatic carbocycles. The molecule has 0 spiro atoms. The molecule has 0 aliphatic heterocycles. The van der Waals surface area contributed by atoms with Gasteiger partial charge in [-0.15, -0.1) is 0 Å². The summed E-state index contributed by atoms with van der Waals surface area (Å²) < 4.78 is 28.1. The minimum Gasteiger partial charge on any atom is -0.478 e. The average molecular weight is 346 g/mol. The van der Waals surface area contributed by atoms with E-state index in [2.05, 4.69) is 9.82 Å². The summed E-state index contributed by atoms with van der Waals surface area (Å²) in [5.74, 6) is -1.24. The minimum atomic E-state index is -3.92. The van der Waals surface area contributed by atoms with Crippen molar-refractivity contribution in [1.82, 2.24) is 9.78 Å². The Kier molecular flexibility index (Phi) is 4.69. The summed E-state index contributed by atoms with van der Waals surface area (Å²) in [6.45, 7) is 0.112. The number of rotatable bonds is 6. The van der Waals surface area contributed by atoms with Gasteiger partial charge in [0.05, 0.1) is 40.5 Å². The zero-order valence-corrected chi connectivity index (χ0v) is 12.7. The highest BCUT2D eigenvalue weighted by Crippen LogP contribution is 2.22. The third kappa shape index (κ3) is 3.56. The lowest BCUT2D eigenvalue weighted by Gasteiger charge is -2.07. The van der Waals surface area contributed by atoms with Crippen LogP contribution in [-0.2, 0) is 16.6 Å². The molecule has 2 rings (SSSR count). The number of benzene rings is 1. The summed E-state index contributed by atoms with van der Waals surface area (Å²) in [4.78, 5) is 10.7. The van der Waals surface area contributed by atoms with Crippen molar-refractivity contribution < 1.29 is 23.4 Å². The summed E-state index contributed by atoms with van der Waals surface area (Å²) in [6.07, 6.45) is 2.71. The van der Waals surface area contributed by atoms with E-state index in [0.717, 1.165) is 18.2 Å². The molecule has 0 amide bonds. The second-order valence-electron chi connectivity index (χ2n) is 4.27. The molecule has 0 fully saturated rings. The SMILES string of the molecule is O=C(O)c1ccc(S(=O)(=O)Nc2cnn(CCO)c2)cc1Cl. The van der Waals surface area contributed by atoms with Crippen LogP contribution < -0.4 is 4.72 Å². The van der Waals surface area contributed by atoms with E-state index in [0.29, 0.717) is 0 Å². The monoisotopic (exact) mass is 345 g/mol. The number of hydrogen-bond donors (Lipinski definition) is 3. The average Bonchev–Trinajstić information content (AvgIpc) is 2.85. The smallest absolute Gasteiger partial charge is 0.337 e. The van der Waals surface area contributed by atoms with Crippen LogP contribution in [-0.4, -0.2) is 41.0 Å². The summed E-state index contributed by atoms with van der Waals surface area (Å²) in [7, 11) is -3.92. The molecule has 0 saturated carbocycles. The number of halogens is 1. The molecule has 1 aromatic carbocycles. The first-order valence-corrected chi connectivity index (χ1v) is 7.88. The molecule has 0 radical (unpaired) electrons. The maximum Gasteiger partial charge on any atom is 0.337 e. The molecule has 0 atom stereocenters. The maximum absolute atomic E-state index is 12.2. The Morgan fingerprint density at radius 3 is 2.73 bits per heavy atom. The predicted octanol–water partition coefficient (Wildman–Crippen LogP) is 1.03. The summed E-state index contributed by atoms with van der Waals surface area (Å²) >= 11 is 5.76. The fourth-order valence-electron chi connectivity index (χ4n) is 1.69. The number of carboxylic acid groups (broad SMARTS) is 1. The molecule has 0 aliphatic rings. The van der Waals surface area contributed by atoms with Crippen LogP contribution in [0, 0.1) is 0 Å². The Bertz CT molecular complexity index is 803. The van der Waals surface area contributed by atoms with Crippen LogP contribution in [0.15, 0.2) is 35.5 Å². The quantitative estimate of drug-likeness (QED) is 0.718. The number of aromatic nitrogens is 2. The first-order valence-electron chi connectivity index (χ1n) is 6.02. The first kappa shape index (κ1) is 16.3. The molecule has 10 heteroatoms. The lowest BCUT2D eigenvalue weighted by atomic mass is 10.2. The van der Waals surface area contributed by atoms with Crippen LogP contribution >= 0.6 is 11.6 Å². The molecule has 0 saturated heterocycles. The third-order valence-corrected chi connectivity index (χ3v) is 4.39. The van der Waals surface area contributed by atoms with Crippen molar-refractivity contribution >= 4 is 33.3 Å². The molecule has 8 nitrogen and oxygen atoms in total. The molecule has 1 aromatic heterocycles. The number of aliphatic hydroxyl groups is 1. The highest BCUT2D eigenvalue weighted by molar-refractivity contribution is 7.92. The van der Waals surface area contributed by atoms with Gasteiger partial charge in [-0.3, -0.25) is 9.40 Å². The number of aliphatic hydroxyl groups excluding tert-OH is 1. The van der Waals surface area contributed by atoms with Gasteiger partial charge >= 0.3 is 5.97 Å². The van der Waals surface area contributed by atoms with Crippen molar-refractivity contribution in [2.75, 3.05) is 11.3 Å². The number of nitrogens with one attached hydrogen (secondary N) is 1. The third-order valence-electron chi connectivity index (χ3n) is 2.70. The second kappa shape index (κ2) is 6.34. The molecule has 22 heavy (non-hydrogen) atoms. The molecular formula is C12H12ClN3O5S. The van der Waals surface area contributed by atoms with E-state index in [1.54, 1.807) is 0 Å². The van der Waals surface area contributed by atoms with E-state index in [4.69, 9.17) is 21.8 Å². The van der Waals surface area contributed by atoms with Gasteiger partial charge in [-0.05, 0) is 18.2 Å². The first-order chi connectivity index (χ1) is 10.3. The van der Waals surface area contributed by atoms with Gasteiger partial charge in [-0.2, -0.15) is 5.10 Å². The Balaban J connectivity index is 2.26. The van der Waals surface area contributed by atoms with E-state index in [1.165, 1.54) is 17.1 Å². The van der Waals surface area contributed by atoms with Crippen molar-refractivity contribution in [1.29, 1.82) is 0 Å². The van der Waals surface area contributed by atoms with Crippen molar-refractivity contribution in [3.63, 3.8) is 0 Å². The largest absolute Gasteiger partial charge is 0.478 e. The van der Waals surface area contributed by atoms with Gasteiger partial charge in [0.1, 0.15) is 0 Å².